The lowest BCUT2D eigenvalue weighted by Crippen LogP contribution is -2.30. The van der Waals surface area contributed by atoms with Crippen molar-refractivity contribution in [3.8, 4) is 11.5 Å². The third-order valence-electron chi connectivity index (χ3n) is 3.86. The Bertz CT molecular complexity index is 444. The van der Waals surface area contributed by atoms with Crippen LogP contribution in [0.2, 0.25) is 5.02 Å². The second kappa shape index (κ2) is 6.02. The summed E-state index contributed by atoms with van der Waals surface area (Å²) in [7, 11) is 0. The van der Waals surface area contributed by atoms with Gasteiger partial charge in [-0.15, -0.1) is 0 Å². The molecule has 1 saturated carbocycles. The van der Waals surface area contributed by atoms with Crippen LogP contribution in [0, 0.1) is 0 Å². The molecule has 19 heavy (non-hydrogen) atoms. The monoisotopic (exact) mass is 281 g/mol. The molecule has 1 heterocycles. The molecular weight excluding hydrogens is 262 g/mol. The molecule has 104 valence electrons. The van der Waals surface area contributed by atoms with Crippen molar-refractivity contribution in [2.24, 2.45) is 0 Å². The van der Waals surface area contributed by atoms with Gasteiger partial charge in [-0.25, -0.2) is 0 Å². The van der Waals surface area contributed by atoms with Gasteiger partial charge < -0.3 is 14.8 Å². The highest BCUT2D eigenvalue weighted by Gasteiger charge is 2.17. The minimum absolute atomic E-state index is 0.576. The summed E-state index contributed by atoms with van der Waals surface area (Å²) in [4.78, 5) is 0. The topological polar surface area (TPSA) is 30.5 Å². The number of nitrogens with one attached hydrogen (secondary N) is 1. The molecule has 1 aliphatic heterocycles. The Morgan fingerprint density at radius 3 is 2.74 bits per heavy atom. The van der Waals surface area contributed by atoms with Crippen LogP contribution < -0.4 is 14.8 Å². The van der Waals surface area contributed by atoms with Crippen LogP contribution in [0.15, 0.2) is 12.1 Å². The summed E-state index contributed by atoms with van der Waals surface area (Å²) in [5, 5.41) is 4.27. The molecule has 3 rings (SSSR count). The maximum atomic E-state index is 6.24. The summed E-state index contributed by atoms with van der Waals surface area (Å²) in [5.74, 6) is 1.47. The van der Waals surface area contributed by atoms with Gasteiger partial charge in [0.2, 0.25) is 0 Å². The van der Waals surface area contributed by atoms with Crippen molar-refractivity contribution in [3.63, 3.8) is 0 Å². The molecular formula is C15H20ClNO2. The molecule has 0 bridgehead atoms. The van der Waals surface area contributed by atoms with E-state index in [9.17, 15) is 0 Å². The van der Waals surface area contributed by atoms with Gasteiger partial charge in [0.1, 0.15) is 13.2 Å². The van der Waals surface area contributed by atoms with Gasteiger partial charge in [-0.05, 0) is 30.5 Å². The van der Waals surface area contributed by atoms with E-state index >= 15 is 0 Å². The number of hydrogen-bond donors (Lipinski definition) is 1. The Morgan fingerprint density at radius 2 is 1.89 bits per heavy atom. The van der Waals surface area contributed by atoms with E-state index < -0.39 is 0 Å². The Morgan fingerprint density at radius 1 is 1.11 bits per heavy atom. The molecule has 3 nitrogen and oxygen atoms in total. The number of rotatable bonds is 3. The summed E-state index contributed by atoms with van der Waals surface area (Å²) in [6.07, 6.45) is 6.66. The summed E-state index contributed by atoms with van der Waals surface area (Å²) in [5.41, 5.74) is 1.17. The quantitative estimate of drug-likeness (QED) is 0.919. The summed E-state index contributed by atoms with van der Waals surface area (Å²) in [6.45, 7) is 2.02. The molecule has 1 aromatic carbocycles. The number of fused-ring (bicyclic) bond motifs is 1. The van der Waals surface area contributed by atoms with Crippen LogP contribution in [-0.2, 0) is 6.54 Å². The molecule has 0 radical (unpaired) electrons. The summed E-state index contributed by atoms with van der Waals surface area (Å²) < 4.78 is 11.1. The summed E-state index contributed by atoms with van der Waals surface area (Å²) >= 11 is 6.24. The third kappa shape index (κ3) is 3.15. The van der Waals surface area contributed by atoms with Crippen molar-refractivity contribution in [3.05, 3.63) is 22.7 Å². The first-order valence-corrected chi connectivity index (χ1v) is 7.52. The van der Waals surface area contributed by atoms with E-state index in [1.807, 2.05) is 12.1 Å². The average molecular weight is 282 g/mol. The fourth-order valence-electron chi connectivity index (χ4n) is 2.84. The number of benzene rings is 1. The molecule has 1 aliphatic carbocycles. The van der Waals surface area contributed by atoms with Gasteiger partial charge in [-0.3, -0.25) is 0 Å². The Hall–Kier alpha value is -0.930. The van der Waals surface area contributed by atoms with Crippen LogP contribution in [0.4, 0.5) is 0 Å². The summed E-state index contributed by atoms with van der Waals surface area (Å²) in [6, 6.07) is 4.67. The maximum absolute atomic E-state index is 6.24. The minimum Gasteiger partial charge on any atom is -0.486 e. The van der Waals surface area contributed by atoms with Gasteiger partial charge in [-0.1, -0.05) is 30.9 Å². The first-order chi connectivity index (χ1) is 9.33. The van der Waals surface area contributed by atoms with Gasteiger partial charge >= 0.3 is 0 Å². The Kier molecular flexibility index (Phi) is 4.14. The van der Waals surface area contributed by atoms with E-state index in [-0.39, 0.29) is 0 Å². The van der Waals surface area contributed by atoms with Crippen LogP contribution in [0.25, 0.3) is 0 Å². The van der Waals surface area contributed by atoms with Crippen molar-refractivity contribution >= 4 is 11.6 Å². The highest BCUT2D eigenvalue weighted by atomic mass is 35.5. The predicted octanol–water partition coefficient (Wildman–Crippen LogP) is 3.53. The lowest BCUT2D eigenvalue weighted by atomic mass is 9.95. The lowest BCUT2D eigenvalue weighted by molar-refractivity contribution is 0.171. The van der Waals surface area contributed by atoms with Crippen LogP contribution in [0.5, 0.6) is 11.5 Å². The smallest absolute Gasteiger partial charge is 0.179 e. The predicted molar refractivity (Wildman–Crippen MR) is 76.2 cm³/mol. The standard InChI is InChI=1S/C15H20ClNO2/c16-13-8-11(9-14-15(13)19-7-6-18-14)10-17-12-4-2-1-3-5-12/h8-9,12,17H,1-7,10H2. The zero-order valence-corrected chi connectivity index (χ0v) is 11.8. The largest absolute Gasteiger partial charge is 0.486 e. The highest BCUT2D eigenvalue weighted by Crippen LogP contribution is 2.38. The SMILES string of the molecule is Clc1cc(CNC2CCCCC2)cc2c1OCCO2. The van der Waals surface area contributed by atoms with Gasteiger partial charge in [0.05, 0.1) is 5.02 Å². The minimum atomic E-state index is 0.576. The number of ether oxygens (including phenoxy) is 2. The normalized spacial score (nSPS) is 19.4. The van der Waals surface area contributed by atoms with E-state index in [1.165, 1.54) is 37.7 Å². The van der Waals surface area contributed by atoms with Gasteiger partial charge in [0.15, 0.2) is 11.5 Å². The van der Waals surface area contributed by atoms with Crippen LogP contribution in [0.1, 0.15) is 37.7 Å². The molecule has 1 aromatic rings. The van der Waals surface area contributed by atoms with Crippen molar-refractivity contribution in [2.45, 2.75) is 44.7 Å². The van der Waals surface area contributed by atoms with Gasteiger partial charge in [-0.2, -0.15) is 0 Å². The van der Waals surface area contributed by atoms with Crippen molar-refractivity contribution in [1.82, 2.24) is 5.32 Å². The van der Waals surface area contributed by atoms with E-state index in [2.05, 4.69) is 5.32 Å². The van der Waals surface area contributed by atoms with E-state index in [4.69, 9.17) is 21.1 Å². The van der Waals surface area contributed by atoms with E-state index in [0.29, 0.717) is 30.0 Å². The average Bonchev–Trinajstić information content (AvgIpc) is 2.46. The first-order valence-electron chi connectivity index (χ1n) is 7.14. The molecule has 4 heteroatoms. The Balaban J connectivity index is 1.65. The number of halogens is 1. The zero-order chi connectivity index (χ0) is 13.1. The van der Waals surface area contributed by atoms with E-state index in [1.54, 1.807) is 0 Å². The molecule has 1 fully saturated rings. The van der Waals surface area contributed by atoms with Crippen molar-refractivity contribution < 1.29 is 9.47 Å². The lowest BCUT2D eigenvalue weighted by Gasteiger charge is -2.24. The molecule has 2 aliphatic rings. The van der Waals surface area contributed by atoms with Crippen LogP contribution in [-0.4, -0.2) is 19.3 Å². The first kappa shape index (κ1) is 13.1. The van der Waals surface area contributed by atoms with E-state index in [0.717, 1.165) is 12.3 Å². The maximum Gasteiger partial charge on any atom is 0.179 e. The van der Waals surface area contributed by atoms with Crippen molar-refractivity contribution in [1.29, 1.82) is 0 Å². The van der Waals surface area contributed by atoms with Crippen LogP contribution >= 0.6 is 11.6 Å². The fraction of sp³-hybridized carbons (Fsp3) is 0.600. The van der Waals surface area contributed by atoms with Crippen molar-refractivity contribution in [2.75, 3.05) is 13.2 Å². The van der Waals surface area contributed by atoms with Gasteiger partial charge in [0.25, 0.3) is 0 Å². The third-order valence-corrected chi connectivity index (χ3v) is 4.14. The number of hydrogen-bond acceptors (Lipinski definition) is 3. The molecule has 0 unspecified atom stereocenters. The molecule has 0 aromatic heterocycles. The Labute approximate surface area is 119 Å². The highest BCUT2D eigenvalue weighted by molar-refractivity contribution is 6.32. The zero-order valence-electron chi connectivity index (χ0n) is 11.1. The molecule has 0 amide bonds. The molecule has 0 atom stereocenters. The molecule has 0 saturated heterocycles. The molecule has 1 N–H and O–H groups in total. The fourth-order valence-corrected chi connectivity index (χ4v) is 3.12. The molecule has 0 spiro atoms. The second-order valence-electron chi connectivity index (χ2n) is 5.32. The van der Waals surface area contributed by atoms with Crippen LogP contribution in [0.3, 0.4) is 0 Å². The van der Waals surface area contributed by atoms with Gasteiger partial charge in [0, 0.05) is 12.6 Å². The second-order valence-corrected chi connectivity index (χ2v) is 5.72.